The first kappa shape index (κ1) is 17.9. The van der Waals surface area contributed by atoms with Gasteiger partial charge in [-0.2, -0.15) is 10.2 Å². The molecule has 28 heavy (non-hydrogen) atoms. The number of halogens is 3. The molecule has 11 heteroatoms. The van der Waals surface area contributed by atoms with E-state index in [9.17, 15) is 18.4 Å². The number of rotatable bonds is 4. The number of benzene rings is 1. The third-order valence-electron chi connectivity index (χ3n) is 4.04. The van der Waals surface area contributed by atoms with Gasteiger partial charge in [-0.05, 0) is 12.1 Å². The van der Waals surface area contributed by atoms with Crippen molar-refractivity contribution in [3.05, 3.63) is 63.8 Å². The minimum atomic E-state index is -0.878. The van der Waals surface area contributed by atoms with Crippen LogP contribution in [0.15, 0.2) is 41.6 Å². The molecular weight excluding hydrogens is 394 g/mol. The first-order valence-electron chi connectivity index (χ1n) is 7.92. The van der Waals surface area contributed by atoms with E-state index in [0.29, 0.717) is 5.56 Å². The predicted octanol–water partition coefficient (Wildman–Crippen LogP) is 1.99. The van der Waals surface area contributed by atoms with E-state index in [0.717, 1.165) is 16.8 Å². The molecule has 0 radical (unpaired) electrons. The van der Waals surface area contributed by atoms with E-state index in [4.69, 9.17) is 17.3 Å². The average molecular weight is 405 g/mol. The third kappa shape index (κ3) is 2.83. The Morgan fingerprint density at radius 2 is 2.00 bits per heavy atom. The van der Waals surface area contributed by atoms with Crippen molar-refractivity contribution in [3.63, 3.8) is 0 Å². The quantitative estimate of drug-likeness (QED) is 0.541. The fraction of sp³-hybridized carbons (Fsp3) is 0.0588. The molecule has 0 saturated heterocycles. The van der Waals surface area contributed by atoms with Gasteiger partial charge in [0.2, 0.25) is 5.91 Å². The third-order valence-corrected chi connectivity index (χ3v) is 4.33. The van der Waals surface area contributed by atoms with Gasteiger partial charge in [-0.3, -0.25) is 14.3 Å². The number of carbonyl (C=O) groups excluding carboxylic acids is 1. The van der Waals surface area contributed by atoms with Crippen molar-refractivity contribution in [3.8, 4) is 16.9 Å². The van der Waals surface area contributed by atoms with Crippen molar-refractivity contribution >= 4 is 28.4 Å². The van der Waals surface area contributed by atoms with Crippen LogP contribution in [0.4, 0.5) is 8.78 Å². The van der Waals surface area contributed by atoms with Crippen molar-refractivity contribution in [1.82, 2.24) is 24.5 Å². The number of H-pyrrole nitrogens is 1. The van der Waals surface area contributed by atoms with E-state index in [-0.39, 0.29) is 28.2 Å². The summed E-state index contributed by atoms with van der Waals surface area (Å²) in [6.07, 6.45) is 4.01. The molecule has 0 bridgehead atoms. The lowest BCUT2D eigenvalue weighted by atomic mass is 10.2. The SMILES string of the molecule is NC(=O)Cn1cc(-c2nn(-c3c(F)cccc3F)c3c(Cl)c[nH]c(=O)c23)cn1. The van der Waals surface area contributed by atoms with Gasteiger partial charge in [0.05, 0.1) is 16.6 Å². The summed E-state index contributed by atoms with van der Waals surface area (Å²) in [5.41, 5.74) is 4.58. The molecule has 142 valence electrons. The summed E-state index contributed by atoms with van der Waals surface area (Å²) in [7, 11) is 0. The van der Waals surface area contributed by atoms with Crippen LogP contribution in [0.2, 0.25) is 5.02 Å². The molecule has 0 atom stereocenters. The molecule has 0 saturated carbocycles. The summed E-state index contributed by atoms with van der Waals surface area (Å²) in [5, 5.41) is 8.27. The molecule has 8 nitrogen and oxygen atoms in total. The lowest BCUT2D eigenvalue weighted by molar-refractivity contribution is -0.118. The largest absolute Gasteiger partial charge is 0.368 e. The minimum Gasteiger partial charge on any atom is -0.368 e. The van der Waals surface area contributed by atoms with E-state index in [1.165, 1.54) is 29.3 Å². The van der Waals surface area contributed by atoms with E-state index in [1.807, 2.05) is 0 Å². The smallest absolute Gasteiger partial charge is 0.259 e. The van der Waals surface area contributed by atoms with E-state index >= 15 is 0 Å². The van der Waals surface area contributed by atoms with Crippen LogP contribution in [0.1, 0.15) is 0 Å². The van der Waals surface area contributed by atoms with Gasteiger partial charge in [0.15, 0.2) is 11.6 Å². The Morgan fingerprint density at radius 1 is 1.29 bits per heavy atom. The first-order valence-corrected chi connectivity index (χ1v) is 8.30. The summed E-state index contributed by atoms with van der Waals surface area (Å²) in [6, 6.07) is 3.35. The van der Waals surface area contributed by atoms with Crippen LogP contribution in [-0.2, 0) is 11.3 Å². The summed E-state index contributed by atoms with van der Waals surface area (Å²) in [6.45, 7) is -0.183. The summed E-state index contributed by atoms with van der Waals surface area (Å²) in [5.74, 6) is -2.37. The number of nitrogens with one attached hydrogen (secondary N) is 1. The zero-order valence-corrected chi connectivity index (χ0v) is 14.7. The Balaban J connectivity index is 2.04. The van der Waals surface area contributed by atoms with Crippen molar-refractivity contribution in [1.29, 1.82) is 0 Å². The van der Waals surface area contributed by atoms with Gasteiger partial charge < -0.3 is 10.7 Å². The number of fused-ring (bicyclic) bond motifs is 1. The Bertz CT molecular complexity index is 1270. The molecule has 0 aliphatic heterocycles. The van der Waals surface area contributed by atoms with Crippen LogP contribution in [0, 0.1) is 11.6 Å². The van der Waals surface area contributed by atoms with Crippen LogP contribution >= 0.6 is 11.6 Å². The van der Waals surface area contributed by atoms with Crippen LogP contribution in [-0.4, -0.2) is 30.5 Å². The maximum atomic E-state index is 14.4. The fourth-order valence-electron chi connectivity index (χ4n) is 2.91. The molecule has 3 heterocycles. The monoisotopic (exact) mass is 404 g/mol. The summed E-state index contributed by atoms with van der Waals surface area (Å²) >= 11 is 6.21. The second-order valence-corrected chi connectivity index (χ2v) is 6.32. The van der Waals surface area contributed by atoms with Crippen LogP contribution < -0.4 is 11.3 Å². The highest BCUT2D eigenvalue weighted by molar-refractivity contribution is 6.35. The molecule has 1 aromatic carbocycles. The number of primary amides is 1. The highest BCUT2D eigenvalue weighted by Gasteiger charge is 2.23. The van der Waals surface area contributed by atoms with E-state index in [2.05, 4.69) is 15.2 Å². The number of nitrogens with two attached hydrogens (primary N) is 1. The van der Waals surface area contributed by atoms with Crippen molar-refractivity contribution in [2.24, 2.45) is 5.73 Å². The Kier molecular flexibility index (Phi) is 4.19. The number of nitrogens with zero attached hydrogens (tertiary/aromatic N) is 4. The number of aromatic amines is 1. The highest BCUT2D eigenvalue weighted by atomic mass is 35.5. The van der Waals surface area contributed by atoms with Gasteiger partial charge in [-0.25, -0.2) is 13.5 Å². The summed E-state index contributed by atoms with van der Waals surface area (Å²) < 4.78 is 30.9. The second-order valence-electron chi connectivity index (χ2n) is 5.91. The molecule has 0 unspecified atom stereocenters. The van der Waals surface area contributed by atoms with E-state index in [1.54, 1.807) is 0 Å². The molecule has 0 aliphatic carbocycles. The molecule has 4 rings (SSSR count). The number of hydrogen-bond acceptors (Lipinski definition) is 4. The molecule has 0 aliphatic rings. The first-order chi connectivity index (χ1) is 13.4. The lowest BCUT2D eigenvalue weighted by Crippen LogP contribution is -2.18. The normalized spacial score (nSPS) is 11.2. The van der Waals surface area contributed by atoms with Gasteiger partial charge in [0.25, 0.3) is 5.56 Å². The maximum Gasteiger partial charge on any atom is 0.259 e. The maximum absolute atomic E-state index is 14.4. The van der Waals surface area contributed by atoms with Crippen LogP contribution in [0.3, 0.4) is 0 Å². The zero-order valence-electron chi connectivity index (χ0n) is 14.0. The zero-order chi connectivity index (χ0) is 20.0. The number of para-hydroxylation sites is 1. The average Bonchev–Trinajstić information content (AvgIpc) is 3.23. The van der Waals surface area contributed by atoms with Crippen LogP contribution in [0.5, 0.6) is 0 Å². The molecule has 0 spiro atoms. The molecule has 4 aromatic rings. The highest BCUT2D eigenvalue weighted by Crippen LogP contribution is 2.32. The molecule has 3 N–H and O–H groups in total. The van der Waals surface area contributed by atoms with Gasteiger partial charge in [0, 0.05) is 18.0 Å². The standard InChI is InChI=1S/C17H11ClF2N6O2/c18-9-5-22-17(28)13-14(8-4-23-25(6-8)7-12(21)27)24-26(15(9)13)16-10(19)2-1-3-11(16)20/h1-6H,7H2,(H2,21,27)(H,22,28). The van der Waals surface area contributed by atoms with Gasteiger partial charge >= 0.3 is 0 Å². The van der Waals surface area contributed by atoms with Gasteiger partial charge in [-0.1, -0.05) is 17.7 Å². The fourth-order valence-corrected chi connectivity index (χ4v) is 3.14. The Morgan fingerprint density at radius 3 is 2.68 bits per heavy atom. The van der Waals surface area contributed by atoms with E-state index < -0.39 is 28.8 Å². The molecule has 3 aromatic heterocycles. The minimum absolute atomic E-state index is 0.0220. The molecule has 0 fully saturated rings. The van der Waals surface area contributed by atoms with Gasteiger partial charge in [0.1, 0.15) is 23.4 Å². The number of aromatic nitrogens is 5. The molecule has 1 amide bonds. The topological polar surface area (TPSA) is 112 Å². The molecular formula is C17H11ClF2N6O2. The van der Waals surface area contributed by atoms with Crippen molar-refractivity contribution in [2.45, 2.75) is 6.54 Å². The second kappa shape index (κ2) is 6.57. The number of hydrogen-bond donors (Lipinski definition) is 2. The Hall–Kier alpha value is -3.53. The van der Waals surface area contributed by atoms with Crippen molar-refractivity contribution < 1.29 is 13.6 Å². The predicted molar refractivity (Wildman–Crippen MR) is 97.0 cm³/mol. The van der Waals surface area contributed by atoms with Gasteiger partial charge in [-0.15, -0.1) is 0 Å². The number of carbonyl (C=O) groups is 1. The van der Waals surface area contributed by atoms with Crippen LogP contribution in [0.25, 0.3) is 27.8 Å². The Labute approximate surface area is 160 Å². The number of amides is 1. The lowest BCUT2D eigenvalue weighted by Gasteiger charge is -2.06. The van der Waals surface area contributed by atoms with Crippen molar-refractivity contribution in [2.75, 3.05) is 0 Å². The summed E-state index contributed by atoms with van der Waals surface area (Å²) in [4.78, 5) is 26.0. The number of pyridine rings is 1.